The van der Waals surface area contributed by atoms with E-state index >= 15 is 0 Å². The van der Waals surface area contributed by atoms with E-state index in [4.69, 9.17) is 45.8 Å². The number of methoxy groups -OCH3 is 2. The number of alkyl carbamates (subject to hydrolysis) is 1. The molecule has 3 aliphatic rings. The summed E-state index contributed by atoms with van der Waals surface area (Å²) < 4.78 is 34.6. The molecule has 2 aromatic carbocycles. The summed E-state index contributed by atoms with van der Waals surface area (Å²) in [5.74, 6) is -1.99. The summed E-state index contributed by atoms with van der Waals surface area (Å²) in [5.41, 5.74) is 5.93. The highest BCUT2D eigenvalue weighted by Gasteiger charge is 2.64. The first-order valence-electron chi connectivity index (χ1n) is 20.3. The molecule has 3 heterocycles. The monoisotopic (exact) mass is 883 g/mol. The molecule has 0 saturated carbocycles. The molecule has 4 N–H and O–H groups in total. The van der Waals surface area contributed by atoms with Crippen molar-refractivity contribution in [1.82, 2.24) is 15.1 Å². The minimum atomic E-state index is -1.86. The van der Waals surface area contributed by atoms with Gasteiger partial charge in [0, 0.05) is 59.2 Å². The smallest absolute Gasteiger partial charge is 0.409 e. The Morgan fingerprint density at radius 3 is 2.50 bits per heavy atom. The predicted octanol–water partition coefficient (Wildman–Crippen LogP) is 4.76. The first-order chi connectivity index (χ1) is 29.2. The lowest BCUT2D eigenvalue weighted by Gasteiger charge is -2.42. The number of carbonyl (C=O) groups is 5. The number of likely N-dealkylation sites (N-methyl/N-ethyl adjacent to an activating group) is 1. The van der Waals surface area contributed by atoms with Crippen LogP contribution < -0.4 is 20.7 Å². The molecule has 4 amide bonds. The molecule has 2 aromatic rings. The van der Waals surface area contributed by atoms with Crippen molar-refractivity contribution in [3.8, 4) is 5.75 Å². The molecule has 8 atom stereocenters. The van der Waals surface area contributed by atoms with Gasteiger partial charge in [-0.25, -0.2) is 14.4 Å². The second kappa shape index (κ2) is 19.8. The number of nitrogens with two attached hydrogens (primary N) is 1. The van der Waals surface area contributed by atoms with Crippen LogP contribution in [0.3, 0.4) is 0 Å². The molecule has 3 aliphatic heterocycles. The van der Waals surface area contributed by atoms with Gasteiger partial charge in [0.15, 0.2) is 5.72 Å². The summed E-state index contributed by atoms with van der Waals surface area (Å²) in [6, 6.07) is 9.29. The number of ether oxygens (including phenoxy) is 6. The zero-order valence-corrected chi connectivity index (χ0v) is 37.4. The zero-order chi connectivity index (χ0) is 45.7. The summed E-state index contributed by atoms with van der Waals surface area (Å²) in [6.45, 7) is 6.88. The number of carbonyl (C=O) groups excluding carboxylic acids is 5. The lowest BCUT2D eigenvalue weighted by atomic mass is 9.83. The third-order valence-electron chi connectivity index (χ3n) is 11.8. The molecule has 338 valence electrons. The topological polar surface area (TPSA) is 212 Å². The minimum absolute atomic E-state index is 0.00263. The van der Waals surface area contributed by atoms with E-state index in [-0.39, 0.29) is 37.4 Å². The summed E-state index contributed by atoms with van der Waals surface area (Å²) in [5, 5.41) is 14.5. The van der Waals surface area contributed by atoms with Gasteiger partial charge in [-0.15, -0.1) is 0 Å². The van der Waals surface area contributed by atoms with Crippen LogP contribution in [-0.2, 0) is 51.1 Å². The van der Waals surface area contributed by atoms with E-state index in [2.05, 4.69) is 5.32 Å². The molecular formula is C44H58ClN5O12. The van der Waals surface area contributed by atoms with Crippen molar-refractivity contribution in [2.24, 2.45) is 5.92 Å². The van der Waals surface area contributed by atoms with E-state index in [1.807, 2.05) is 13.0 Å². The Morgan fingerprint density at radius 1 is 1.15 bits per heavy atom. The number of nitrogen functional groups attached to an aromatic ring is 1. The Morgan fingerprint density at radius 2 is 1.84 bits per heavy atom. The number of benzene rings is 2. The predicted molar refractivity (Wildman–Crippen MR) is 229 cm³/mol. The molecule has 0 aromatic heterocycles. The third kappa shape index (κ3) is 11.0. The molecule has 0 unspecified atom stereocenters. The number of rotatable bonds is 10. The van der Waals surface area contributed by atoms with Crippen molar-refractivity contribution in [2.45, 2.75) is 102 Å². The summed E-state index contributed by atoms with van der Waals surface area (Å²) in [6.07, 6.45) is -0.245. The molecule has 0 radical (unpaired) electrons. The molecule has 0 spiro atoms. The fraction of sp³-hybridized carbons (Fsp3) is 0.523. The lowest BCUT2D eigenvalue weighted by Crippen LogP contribution is -2.63. The SMILES string of the molecule is COc1cc2cc(c1Cl)N(C)C(=O)C[C@H](OC(=O)[C@H](C)N(C)C(=O)CCN(C)C(=O)OCc1ccc(N)cc1)[C@]1(C)O[C@H]1[C@H](C)[C@@H]1C[C@@](O)(NC(=O)O1)[C@H](OC)/C=C/C=C(\C)C2. The number of hydrogen-bond acceptors (Lipinski definition) is 13. The van der Waals surface area contributed by atoms with Crippen molar-refractivity contribution in [2.75, 3.05) is 52.5 Å². The van der Waals surface area contributed by atoms with Gasteiger partial charge in [-0.05, 0) is 62.6 Å². The van der Waals surface area contributed by atoms with E-state index in [1.165, 1.54) is 49.9 Å². The second-order valence-electron chi connectivity index (χ2n) is 16.4. The highest BCUT2D eigenvalue weighted by Crippen LogP contribution is 2.49. The van der Waals surface area contributed by atoms with Crippen LogP contribution in [0.4, 0.5) is 21.0 Å². The van der Waals surface area contributed by atoms with E-state index in [0.29, 0.717) is 23.5 Å². The van der Waals surface area contributed by atoms with Crippen LogP contribution in [0.1, 0.15) is 58.1 Å². The lowest BCUT2D eigenvalue weighted by molar-refractivity contribution is -0.162. The average Bonchev–Trinajstić information content (AvgIpc) is 3.94. The molecule has 5 rings (SSSR count). The summed E-state index contributed by atoms with van der Waals surface area (Å²) in [7, 11) is 7.37. The largest absolute Gasteiger partial charge is 0.495 e. The third-order valence-corrected chi connectivity index (χ3v) is 12.2. The van der Waals surface area contributed by atoms with Crippen LogP contribution in [0.5, 0.6) is 5.75 Å². The van der Waals surface area contributed by atoms with Gasteiger partial charge in [-0.3, -0.25) is 14.9 Å². The molecule has 2 fully saturated rings. The first kappa shape index (κ1) is 47.7. The molecule has 0 aliphatic carbocycles. The number of fused-ring (bicyclic) bond motifs is 5. The minimum Gasteiger partial charge on any atom is -0.495 e. The molecule has 4 bridgehead atoms. The fourth-order valence-corrected chi connectivity index (χ4v) is 7.93. The van der Waals surface area contributed by atoms with Crippen molar-refractivity contribution in [3.63, 3.8) is 0 Å². The number of nitrogens with zero attached hydrogens (tertiary/aromatic N) is 3. The van der Waals surface area contributed by atoms with Gasteiger partial charge >= 0.3 is 18.2 Å². The van der Waals surface area contributed by atoms with E-state index in [0.717, 1.165) is 16.7 Å². The van der Waals surface area contributed by atoms with Gasteiger partial charge < -0.3 is 54.0 Å². The Hall–Kier alpha value is -5.36. The molecular weight excluding hydrogens is 826 g/mol. The van der Waals surface area contributed by atoms with Crippen molar-refractivity contribution in [1.29, 1.82) is 0 Å². The highest BCUT2D eigenvalue weighted by molar-refractivity contribution is 6.35. The van der Waals surface area contributed by atoms with Gasteiger partial charge in [0.05, 0.1) is 25.3 Å². The van der Waals surface area contributed by atoms with Crippen LogP contribution in [0.15, 0.2) is 60.2 Å². The highest BCUT2D eigenvalue weighted by atomic mass is 35.5. The zero-order valence-electron chi connectivity index (χ0n) is 36.6. The maximum absolute atomic E-state index is 14.3. The van der Waals surface area contributed by atoms with E-state index in [9.17, 15) is 29.1 Å². The maximum atomic E-state index is 14.3. The number of anilines is 2. The Labute approximate surface area is 367 Å². The maximum Gasteiger partial charge on any atom is 0.409 e. The summed E-state index contributed by atoms with van der Waals surface area (Å²) in [4.78, 5) is 70.9. The van der Waals surface area contributed by atoms with E-state index < -0.39 is 77.7 Å². The normalized spacial score (nSPS) is 28.1. The molecule has 62 heavy (non-hydrogen) atoms. The quantitative estimate of drug-likeness (QED) is 0.127. The number of hydrogen-bond donors (Lipinski definition) is 3. The number of epoxide rings is 1. The number of esters is 1. The Kier molecular flexibility index (Phi) is 15.2. The van der Waals surface area contributed by atoms with Crippen LogP contribution in [0.2, 0.25) is 5.02 Å². The van der Waals surface area contributed by atoms with Crippen molar-refractivity contribution >= 4 is 52.9 Å². The van der Waals surface area contributed by atoms with Gasteiger partial charge in [-0.2, -0.15) is 0 Å². The van der Waals surface area contributed by atoms with E-state index in [1.54, 1.807) is 69.4 Å². The van der Waals surface area contributed by atoms with Crippen LogP contribution in [-0.4, -0.2) is 129 Å². The number of amides is 4. The van der Waals surface area contributed by atoms with Crippen molar-refractivity contribution < 1.29 is 57.5 Å². The standard InChI is InChI=1S/C44H58ClN5O12/c1-25-11-10-12-34(58-9)44(56)23-33(60-41(54)47-44)26(2)39-43(4,62-39)35(22-37(52)50(7)31-20-29(19-25)21-32(57-8)38(31)45)61-40(53)27(3)49(6)36(51)17-18-48(5)42(55)59-24-28-13-15-30(46)16-14-28/h10-16,20-21,26-27,33-35,39,56H,17-19,22-24,46H2,1-9H3,(H,47,54)/b12-10+,25-11+/t26-,27+,33+,34-,35+,39+,43+,44+/m1/s1. The van der Waals surface area contributed by atoms with Crippen LogP contribution >= 0.6 is 11.6 Å². The van der Waals surface area contributed by atoms with Crippen molar-refractivity contribution in [3.05, 3.63) is 76.3 Å². The fourth-order valence-electron chi connectivity index (χ4n) is 7.62. The molecule has 18 heteroatoms. The van der Waals surface area contributed by atoms with Gasteiger partial charge in [0.25, 0.3) is 0 Å². The molecule has 17 nitrogen and oxygen atoms in total. The Bertz CT molecular complexity index is 2060. The van der Waals surface area contributed by atoms with Crippen LogP contribution in [0.25, 0.3) is 0 Å². The summed E-state index contributed by atoms with van der Waals surface area (Å²) >= 11 is 6.79. The molecule has 2 saturated heterocycles. The van der Waals surface area contributed by atoms with Gasteiger partial charge in [0.2, 0.25) is 11.8 Å². The number of nitrogens with one attached hydrogen (secondary N) is 1. The average molecular weight is 884 g/mol. The van der Waals surface area contributed by atoms with Gasteiger partial charge in [-0.1, -0.05) is 54.5 Å². The second-order valence-corrected chi connectivity index (χ2v) is 16.7. The number of halogens is 1. The number of allylic oxidation sites excluding steroid dienone is 3. The Balaban J connectivity index is 1.38. The first-order valence-corrected chi connectivity index (χ1v) is 20.7. The van der Waals surface area contributed by atoms with Gasteiger partial charge in [0.1, 0.15) is 47.3 Å². The van der Waals surface area contributed by atoms with Crippen LogP contribution in [0, 0.1) is 5.92 Å². The number of aliphatic hydroxyl groups is 1.